The van der Waals surface area contributed by atoms with Gasteiger partial charge >= 0.3 is 6.03 Å². The molecule has 0 aliphatic carbocycles. The first-order chi connectivity index (χ1) is 11.0. The molecule has 1 fully saturated rings. The van der Waals surface area contributed by atoms with Crippen LogP contribution in [-0.2, 0) is 16.8 Å². The molecule has 0 radical (unpaired) electrons. The van der Waals surface area contributed by atoms with Crippen molar-refractivity contribution in [1.82, 2.24) is 15.2 Å². The molecule has 0 unspecified atom stereocenters. The Labute approximate surface area is 133 Å². The van der Waals surface area contributed by atoms with E-state index < -0.39 is 11.6 Å². The highest BCUT2D eigenvalue weighted by atomic mass is 19.1. The first kappa shape index (κ1) is 15.1. The number of rotatable bonds is 4. The summed E-state index contributed by atoms with van der Waals surface area (Å²) >= 11 is 0. The van der Waals surface area contributed by atoms with E-state index in [9.17, 15) is 14.0 Å². The zero-order valence-electron chi connectivity index (χ0n) is 12.6. The molecule has 6 heteroatoms. The molecule has 1 N–H and O–H groups in total. The van der Waals surface area contributed by atoms with E-state index in [1.54, 1.807) is 19.3 Å². The molecule has 0 spiro atoms. The largest absolute Gasteiger partial charge is 0.325 e. The summed E-state index contributed by atoms with van der Waals surface area (Å²) in [4.78, 5) is 30.0. The van der Waals surface area contributed by atoms with Gasteiger partial charge in [-0.3, -0.25) is 14.7 Å². The highest BCUT2D eigenvalue weighted by molar-refractivity contribution is 6.07. The van der Waals surface area contributed by atoms with Crippen LogP contribution in [0.25, 0.3) is 0 Å². The maximum Gasteiger partial charge on any atom is 0.325 e. The van der Waals surface area contributed by atoms with Gasteiger partial charge in [0, 0.05) is 18.9 Å². The lowest BCUT2D eigenvalue weighted by molar-refractivity contribution is -0.131. The Kier molecular flexibility index (Phi) is 3.82. The van der Waals surface area contributed by atoms with Crippen molar-refractivity contribution in [3.05, 3.63) is 65.7 Å². The lowest BCUT2D eigenvalue weighted by Crippen LogP contribution is -2.41. The van der Waals surface area contributed by atoms with Gasteiger partial charge in [0.1, 0.15) is 11.4 Å². The summed E-state index contributed by atoms with van der Waals surface area (Å²) in [6.45, 7) is 1.92. The first-order valence-corrected chi connectivity index (χ1v) is 7.30. The van der Waals surface area contributed by atoms with Gasteiger partial charge in [-0.1, -0.05) is 12.1 Å². The number of aromatic nitrogens is 1. The number of pyridine rings is 1. The van der Waals surface area contributed by atoms with Gasteiger partial charge < -0.3 is 5.32 Å². The Balaban J connectivity index is 1.78. The van der Waals surface area contributed by atoms with Crippen LogP contribution in [0, 0.1) is 5.82 Å². The minimum absolute atomic E-state index is 0.283. The number of amides is 3. The molecule has 23 heavy (non-hydrogen) atoms. The van der Waals surface area contributed by atoms with Crippen LogP contribution in [0.2, 0.25) is 0 Å². The molecule has 5 nitrogen and oxygen atoms in total. The standard InChI is InChI=1S/C17H16FN3O2/c1-17(13-2-4-14(18)5-3-13)15(22)21(16(23)20-17)11-8-12-6-9-19-10-7-12/h2-7,9-10H,8,11H2,1H3,(H,20,23)/t17-/m0/s1. The van der Waals surface area contributed by atoms with Crippen LogP contribution in [-0.4, -0.2) is 28.4 Å². The Hall–Kier alpha value is -2.76. The lowest BCUT2D eigenvalue weighted by Gasteiger charge is -2.22. The predicted octanol–water partition coefficient (Wildman–Crippen LogP) is 2.23. The number of imide groups is 1. The van der Waals surface area contributed by atoms with E-state index in [2.05, 4.69) is 10.3 Å². The van der Waals surface area contributed by atoms with Crippen molar-refractivity contribution in [2.45, 2.75) is 18.9 Å². The molecule has 1 aliphatic heterocycles. The summed E-state index contributed by atoms with van der Waals surface area (Å²) in [5.41, 5.74) is 0.392. The molecule has 0 saturated carbocycles. The fraction of sp³-hybridized carbons (Fsp3) is 0.235. The van der Waals surface area contributed by atoms with E-state index in [1.807, 2.05) is 12.1 Å². The van der Waals surface area contributed by atoms with Gasteiger partial charge in [-0.25, -0.2) is 9.18 Å². The second-order valence-corrected chi connectivity index (χ2v) is 5.62. The number of nitrogens with one attached hydrogen (secondary N) is 1. The van der Waals surface area contributed by atoms with Crippen LogP contribution in [0.15, 0.2) is 48.8 Å². The molecule has 2 aromatic rings. The summed E-state index contributed by atoms with van der Waals surface area (Å²) in [6, 6.07) is 8.84. The van der Waals surface area contributed by atoms with Crippen molar-refractivity contribution in [2.24, 2.45) is 0 Å². The number of urea groups is 1. The molecule has 0 bridgehead atoms. The van der Waals surface area contributed by atoms with Crippen molar-refractivity contribution in [2.75, 3.05) is 6.54 Å². The van der Waals surface area contributed by atoms with Crippen molar-refractivity contribution < 1.29 is 14.0 Å². The summed E-state index contributed by atoms with van der Waals surface area (Å²) in [5.74, 6) is -0.716. The van der Waals surface area contributed by atoms with E-state index in [4.69, 9.17) is 0 Å². The number of nitrogens with zero attached hydrogens (tertiary/aromatic N) is 2. The fourth-order valence-electron chi connectivity index (χ4n) is 2.67. The number of halogens is 1. The van der Waals surface area contributed by atoms with Crippen molar-refractivity contribution in [1.29, 1.82) is 0 Å². The van der Waals surface area contributed by atoms with Gasteiger partial charge in [0.15, 0.2) is 0 Å². The minimum Gasteiger partial charge on any atom is -0.319 e. The average Bonchev–Trinajstić information content (AvgIpc) is 2.77. The summed E-state index contributed by atoms with van der Waals surface area (Å²) < 4.78 is 13.1. The van der Waals surface area contributed by atoms with Gasteiger partial charge in [0.25, 0.3) is 5.91 Å². The smallest absolute Gasteiger partial charge is 0.319 e. The molecule has 3 rings (SSSR count). The van der Waals surface area contributed by atoms with Gasteiger partial charge in [-0.05, 0) is 48.7 Å². The van der Waals surface area contributed by atoms with Crippen LogP contribution < -0.4 is 5.32 Å². The fourth-order valence-corrected chi connectivity index (χ4v) is 2.67. The molecule has 1 saturated heterocycles. The van der Waals surface area contributed by atoms with Gasteiger partial charge in [0.2, 0.25) is 0 Å². The Morgan fingerprint density at radius 1 is 1.13 bits per heavy atom. The zero-order chi connectivity index (χ0) is 16.4. The SMILES string of the molecule is C[C@@]1(c2ccc(F)cc2)NC(=O)N(CCc2ccncc2)C1=O. The normalized spacial score (nSPS) is 20.7. The Bertz CT molecular complexity index is 733. The number of carbonyl (C=O) groups is 2. The third-order valence-electron chi connectivity index (χ3n) is 4.07. The molecule has 1 aliphatic rings. The lowest BCUT2D eigenvalue weighted by atomic mass is 9.92. The van der Waals surface area contributed by atoms with E-state index in [0.717, 1.165) is 5.56 Å². The number of hydrogen-bond donors (Lipinski definition) is 1. The van der Waals surface area contributed by atoms with Gasteiger partial charge in [-0.2, -0.15) is 0 Å². The average molecular weight is 313 g/mol. The summed E-state index contributed by atoms with van der Waals surface area (Å²) in [6.07, 6.45) is 3.90. The quantitative estimate of drug-likeness (QED) is 0.881. The number of hydrogen-bond acceptors (Lipinski definition) is 3. The Morgan fingerprint density at radius 3 is 2.43 bits per heavy atom. The Morgan fingerprint density at radius 2 is 1.78 bits per heavy atom. The summed E-state index contributed by atoms with van der Waals surface area (Å²) in [7, 11) is 0. The minimum atomic E-state index is -1.16. The monoisotopic (exact) mass is 313 g/mol. The van der Waals surface area contributed by atoms with Crippen molar-refractivity contribution in [3.8, 4) is 0 Å². The van der Waals surface area contributed by atoms with E-state index in [1.165, 1.54) is 29.2 Å². The molecule has 1 aromatic heterocycles. The van der Waals surface area contributed by atoms with Crippen LogP contribution in [0.5, 0.6) is 0 Å². The van der Waals surface area contributed by atoms with Gasteiger partial charge in [0.05, 0.1) is 0 Å². The highest BCUT2D eigenvalue weighted by Gasteiger charge is 2.48. The molecule has 118 valence electrons. The second-order valence-electron chi connectivity index (χ2n) is 5.62. The third kappa shape index (κ3) is 2.79. The molecular formula is C17H16FN3O2. The maximum absolute atomic E-state index is 13.1. The van der Waals surface area contributed by atoms with Crippen LogP contribution >= 0.6 is 0 Å². The molecule has 1 aromatic carbocycles. The van der Waals surface area contributed by atoms with Crippen molar-refractivity contribution in [3.63, 3.8) is 0 Å². The molecule has 3 amide bonds. The van der Waals surface area contributed by atoms with Crippen LogP contribution in [0.3, 0.4) is 0 Å². The maximum atomic E-state index is 13.1. The van der Waals surface area contributed by atoms with Crippen LogP contribution in [0.4, 0.5) is 9.18 Å². The first-order valence-electron chi connectivity index (χ1n) is 7.30. The zero-order valence-corrected chi connectivity index (χ0v) is 12.6. The summed E-state index contributed by atoms with van der Waals surface area (Å²) in [5, 5.41) is 2.70. The van der Waals surface area contributed by atoms with Gasteiger partial charge in [-0.15, -0.1) is 0 Å². The highest BCUT2D eigenvalue weighted by Crippen LogP contribution is 2.29. The van der Waals surface area contributed by atoms with E-state index in [-0.39, 0.29) is 18.3 Å². The number of benzene rings is 1. The molecule has 1 atom stereocenters. The van der Waals surface area contributed by atoms with Crippen LogP contribution in [0.1, 0.15) is 18.1 Å². The predicted molar refractivity (Wildman–Crippen MR) is 81.9 cm³/mol. The van der Waals surface area contributed by atoms with Crippen molar-refractivity contribution >= 4 is 11.9 Å². The topological polar surface area (TPSA) is 62.3 Å². The number of carbonyl (C=O) groups excluding carboxylic acids is 2. The third-order valence-corrected chi connectivity index (χ3v) is 4.07. The molecule has 2 heterocycles. The molecular weight excluding hydrogens is 297 g/mol. The van der Waals surface area contributed by atoms with E-state index in [0.29, 0.717) is 12.0 Å². The second kappa shape index (κ2) is 5.79. The van der Waals surface area contributed by atoms with E-state index >= 15 is 0 Å².